The van der Waals surface area contributed by atoms with E-state index < -0.39 is 10.0 Å². The molecule has 132 valence electrons. The molecule has 1 amide bonds. The summed E-state index contributed by atoms with van der Waals surface area (Å²) in [7, 11) is -3.13. The summed E-state index contributed by atoms with van der Waals surface area (Å²) in [6.07, 6.45) is 10.2. The zero-order chi connectivity index (χ0) is 16.7. The minimum atomic E-state index is -3.13. The number of allylic oxidation sites excluding steroid dienone is 1. The zero-order valence-corrected chi connectivity index (χ0v) is 14.9. The Morgan fingerprint density at radius 2 is 2.00 bits per heavy atom. The first-order chi connectivity index (χ1) is 10.9. The van der Waals surface area contributed by atoms with Gasteiger partial charge in [-0.05, 0) is 45.1 Å². The van der Waals surface area contributed by atoms with Crippen molar-refractivity contribution < 1.29 is 13.2 Å². The van der Waals surface area contributed by atoms with Crippen LogP contribution in [-0.2, 0) is 14.8 Å². The molecule has 0 radical (unpaired) electrons. The minimum absolute atomic E-state index is 0.0363. The largest absolute Gasteiger partial charge is 0.355 e. The predicted molar refractivity (Wildman–Crippen MR) is 91.7 cm³/mol. The number of nitrogens with zero attached hydrogens (tertiary/aromatic N) is 2. The highest BCUT2D eigenvalue weighted by molar-refractivity contribution is 7.88. The van der Waals surface area contributed by atoms with E-state index in [2.05, 4.69) is 11.4 Å². The molecule has 0 spiro atoms. The van der Waals surface area contributed by atoms with Crippen LogP contribution in [0.4, 0.5) is 0 Å². The molecule has 0 unspecified atom stereocenters. The highest BCUT2D eigenvalue weighted by atomic mass is 32.2. The van der Waals surface area contributed by atoms with E-state index >= 15 is 0 Å². The Bertz CT molecular complexity index is 531. The van der Waals surface area contributed by atoms with Crippen molar-refractivity contribution in [1.82, 2.24) is 14.5 Å². The van der Waals surface area contributed by atoms with E-state index in [0.717, 1.165) is 19.4 Å². The fraction of sp³-hybridized carbons (Fsp3) is 0.812. The Morgan fingerprint density at radius 1 is 1.17 bits per heavy atom. The van der Waals surface area contributed by atoms with Crippen molar-refractivity contribution in [2.24, 2.45) is 0 Å². The molecule has 0 atom stereocenters. The van der Waals surface area contributed by atoms with Gasteiger partial charge in [0.2, 0.25) is 15.9 Å². The summed E-state index contributed by atoms with van der Waals surface area (Å²) in [5.74, 6) is 0.0363. The quantitative estimate of drug-likeness (QED) is 0.730. The van der Waals surface area contributed by atoms with Gasteiger partial charge in [0, 0.05) is 26.2 Å². The molecule has 2 aliphatic rings. The van der Waals surface area contributed by atoms with Gasteiger partial charge in [0.25, 0.3) is 0 Å². The van der Waals surface area contributed by atoms with Crippen LogP contribution in [0.2, 0.25) is 0 Å². The van der Waals surface area contributed by atoms with E-state index in [4.69, 9.17) is 0 Å². The Hall–Kier alpha value is -0.920. The highest BCUT2D eigenvalue weighted by Crippen LogP contribution is 2.19. The van der Waals surface area contributed by atoms with Gasteiger partial charge in [-0.15, -0.1) is 0 Å². The van der Waals surface area contributed by atoms with Crippen molar-refractivity contribution in [3.63, 3.8) is 0 Å². The summed E-state index contributed by atoms with van der Waals surface area (Å²) in [6, 6.07) is 0. The number of sulfonamides is 1. The third-order valence-electron chi connectivity index (χ3n) is 4.54. The number of carbonyl (C=O) groups is 1. The van der Waals surface area contributed by atoms with Gasteiger partial charge >= 0.3 is 0 Å². The second-order valence-electron chi connectivity index (χ2n) is 6.50. The molecule has 0 saturated carbocycles. The monoisotopic (exact) mass is 343 g/mol. The molecule has 0 bridgehead atoms. The van der Waals surface area contributed by atoms with Crippen LogP contribution in [0.5, 0.6) is 0 Å². The Kier molecular flexibility index (Phi) is 7.05. The first-order valence-corrected chi connectivity index (χ1v) is 10.4. The van der Waals surface area contributed by atoms with Crippen LogP contribution < -0.4 is 5.32 Å². The fourth-order valence-corrected chi connectivity index (χ4v) is 4.06. The van der Waals surface area contributed by atoms with Crippen LogP contribution in [0, 0.1) is 0 Å². The molecule has 23 heavy (non-hydrogen) atoms. The van der Waals surface area contributed by atoms with Crippen molar-refractivity contribution in [3.8, 4) is 0 Å². The summed E-state index contributed by atoms with van der Waals surface area (Å²) in [4.78, 5) is 14.1. The van der Waals surface area contributed by atoms with Crippen LogP contribution >= 0.6 is 0 Å². The third kappa shape index (κ3) is 6.61. The van der Waals surface area contributed by atoms with E-state index in [-0.39, 0.29) is 5.91 Å². The van der Waals surface area contributed by atoms with E-state index in [1.165, 1.54) is 41.8 Å². The van der Waals surface area contributed by atoms with Crippen molar-refractivity contribution in [3.05, 3.63) is 11.6 Å². The summed E-state index contributed by atoms with van der Waals surface area (Å²) < 4.78 is 24.7. The molecule has 1 aliphatic heterocycles. The van der Waals surface area contributed by atoms with Crippen molar-refractivity contribution >= 4 is 15.9 Å². The Labute approximate surface area is 140 Å². The van der Waals surface area contributed by atoms with E-state index in [1.807, 2.05) is 4.90 Å². The van der Waals surface area contributed by atoms with Gasteiger partial charge in [0.1, 0.15) is 0 Å². The summed E-state index contributed by atoms with van der Waals surface area (Å²) in [6.45, 7) is 3.46. The molecule has 1 aliphatic carbocycles. The smallest absolute Gasteiger partial charge is 0.234 e. The van der Waals surface area contributed by atoms with Gasteiger partial charge in [0.15, 0.2) is 0 Å². The average Bonchev–Trinajstić information content (AvgIpc) is 2.73. The molecule has 0 aromatic heterocycles. The number of nitrogens with one attached hydrogen (secondary N) is 1. The minimum Gasteiger partial charge on any atom is -0.355 e. The van der Waals surface area contributed by atoms with E-state index in [9.17, 15) is 13.2 Å². The number of amides is 1. The maximum Gasteiger partial charge on any atom is 0.234 e. The SMILES string of the molecule is CS(=O)(=O)N1CCCN(CC(=O)NCCC2=CCCCC2)CC1. The van der Waals surface area contributed by atoms with Crippen LogP contribution in [0.15, 0.2) is 11.6 Å². The van der Waals surface area contributed by atoms with Gasteiger partial charge in [-0.25, -0.2) is 12.7 Å². The van der Waals surface area contributed by atoms with Gasteiger partial charge in [-0.1, -0.05) is 11.6 Å². The second-order valence-corrected chi connectivity index (χ2v) is 8.48. The fourth-order valence-electron chi connectivity index (χ4n) is 3.19. The normalized spacial score (nSPS) is 21.5. The lowest BCUT2D eigenvalue weighted by Gasteiger charge is -2.20. The van der Waals surface area contributed by atoms with E-state index in [1.54, 1.807) is 0 Å². The molecule has 1 N–H and O–H groups in total. The van der Waals surface area contributed by atoms with Gasteiger partial charge < -0.3 is 5.32 Å². The van der Waals surface area contributed by atoms with Crippen molar-refractivity contribution in [1.29, 1.82) is 0 Å². The van der Waals surface area contributed by atoms with Crippen molar-refractivity contribution in [2.45, 2.75) is 38.5 Å². The topological polar surface area (TPSA) is 69.7 Å². The zero-order valence-electron chi connectivity index (χ0n) is 14.1. The molecular formula is C16H29N3O3S. The number of carbonyl (C=O) groups excluding carboxylic acids is 1. The lowest BCUT2D eigenvalue weighted by atomic mass is 9.97. The lowest BCUT2D eigenvalue weighted by Crippen LogP contribution is -2.40. The summed E-state index contributed by atoms with van der Waals surface area (Å²) in [5, 5.41) is 2.99. The van der Waals surface area contributed by atoms with Crippen LogP contribution in [-0.4, -0.2) is 69.1 Å². The van der Waals surface area contributed by atoms with Gasteiger partial charge in [-0.3, -0.25) is 9.69 Å². The lowest BCUT2D eigenvalue weighted by molar-refractivity contribution is -0.122. The molecule has 7 heteroatoms. The maximum atomic E-state index is 12.0. The molecular weight excluding hydrogens is 314 g/mol. The van der Waals surface area contributed by atoms with Gasteiger partial charge in [-0.2, -0.15) is 0 Å². The third-order valence-corrected chi connectivity index (χ3v) is 5.84. The standard InChI is InChI=1S/C16H29N3O3S/c1-23(21,22)19-11-5-10-18(12-13-19)14-16(20)17-9-8-15-6-3-2-4-7-15/h6H,2-5,7-14H2,1H3,(H,17,20). The second kappa shape index (κ2) is 8.80. The Balaban J connectivity index is 1.67. The van der Waals surface area contributed by atoms with Crippen LogP contribution in [0.1, 0.15) is 38.5 Å². The maximum absolute atomic E-state index is 12.0. The number of hydrogen-bond acceptors (Lipinski definition) is 4. The van der Waals surface area contributed by atoms with Gasteiger partial charge in [0.05, 0.1) is 12.8 Å². The summed E-state index contributed by atoms with van der Waals surface area (Å²) >= 11 is 0. The number of rotatable bonds is 6. The summed E-state index contributed by atoms with van der Waals surface area (Å²) in [5.41, 5.74) is 1.47. The molecule has 6 nitrogen and oxygen atoms in total. The van der Waals surface area contributed by atoms with Crippen molar-refractivity contribution in [2.75, 3.05) is 45.5 Å². The highest BCUT2D eigenvalue weighted by Gasteiger charge is 2.22. The predicted octanol–water partition coefficient (Wildman–Crippen LogP) is 0.960. The molecule has 0 aromatic carbocycles. The molecule has 1 heterocycles. The first-order valence-electron chi connectivity index (χ1n) is 8.57. The van der Waals surface area contributed by atoms with Crippen LogP contribution in [0.25, 0.3) is 0 Å². The average molecular weight is 343 g/mol. The Morgan fingerprint density at radius 3 is 2.70 bits per heavy atom. The van der Waals surface area contributed by atoms with Crippen LogP contribution in [0.3, 0.4) is 0 Å². The van der Waals surface area contributed by atoms with E-state index in [0.29, 0.717) is 32.7 Å². The molecule has 1 fully saturated rings. The first kappa shape index (κ1) is 18.4. The number of hydrogen-bond donors (Lipinski definition) is 1. The molecule has 0 aromatic rings. The molecule has 2 rings (SSSR count). The molecule has 1 saturated heterocycles.